The molecule has 0 saturated heterocycles. The van der Waals surface area contributed by atoms with Gasteiger partial charge in [0.1, 0.15) is 0 Å². The molecule has 0 spiro atoms. The van der Waals surface area contributed by atoms with Crippen LogP contribution in [-0.2, 0) is 4.79 Å². The number of amides is 1. The lowest BCUT2D eigenvalue weighted by atomic mass is 10.1. The number of unbranched alkanes of at least 4 members (excludes halogenated alkanes) is 3. The molecule has 0 aliphatic rings. The summed E-state index contributed by atoms with van der Waals surface area (Å²) in [5, 5.41) is 3.33. The zero-order valence-corrected chi connectivity index (χ0v) is 13.4. The monoisotopic (exact) mass is 312 g/mol. The summed E-state index contributed by atoms with van der Waals surface area (Å²) < 4.78 is 0. The van der Waals surface area contributed by atoms with Crippen molar-refractivity contribution >= 4 is 29.6 Å². The van der Waals surface area contributed by atoms with Crippen LogP contribution in [0.3, 0.4) is 0 Å². The second kappa shape index (κ2) is 9.38. The van der Waals surface area contributed by atoms with Gasteiger partial charge >= 0.3 is 0 Å². The molecule has 0 radical (unpaired) electrons. The lowest BCUT2D eigenvalue weighted by molar-refractivity contribution is -0.119. The first-order valence-electron chi connectivity index (χ1n) is 7.20. The number of nitrogens with zero attached hydrogens (tertiary/aromatic N) is 3. The summed E-state index contributed by atoms with van der Waals surface area (Å²) in [7, 11) is 0. The Labute approximate surface area is 129 Å². The topological polar surface area (TPSA) is 120 Å². The molecule has 1 aromatic heterocycles. The van der Waals surface area contributed by atoms with Crippen molar-refractivity contribution in [3.05, 3.63) is 0 Å². The molecule has 0 aliphatic heterocycles. The van der Waals surface area contributed by atoms with Gasteiger partial charge in [0.15, 0.2) is 5.16 Å². The number of anilines is 2. The van der Waals surface area contributed by atoms with Gasteiger partial charge in [-0.05, 0) is 13.3 Å². The molecule has 1 heterocycles. The molecule has 1 rings (SSSR count). The number of nitrogens with one attached hydrogen (secondary N) is 1. The Kier molecular flexibility index (Phi) is 7.81. The fourth-order valence-electron chi connectivity index (χ4n) is 1.85. The highest BCUT2D eigenvalue weighted by molar-refractivity contribution is 7.99. The summed E-state index contributed by atoms with van der Waals surface area (Å²) in [6.45, 7) is 4.20. The maximum atomic E-state index is 11.8. The van der Waals surface area contributed by atoms with Gasteiger partial charge in [0.05, 0.1) is 5.75 Å². The van der Waals surface area contributed by atoms with E-state index in [-0.39, 0.29) is 29.6 Å². The van der Waals surface area contributed by atoms with E-state index < -0.39 is 0 Å². The van der Waals surface area contributed by atoms with Crippen molar-refractivity contribution in [3.8, 4) is 0 Å². The molecule has 1 aromatic rings. The van der Waals surface area contributed by atoms with E-state index in [4.69, 9.17) is 11.5 Å². The first kappa shape index (κ1) is 17.5. The number of hydrogen-bond donors (Lipinski definition) is 3. The number of thioether (sulfide) groups is 1. The van der Waals surface area contributed by atoms with Gasteiger partial charge in [-0.3, -0.25) is 4.79 Å². The van der Waals surface area contributed by atoms with E-state index >= 15 is 0 Å². The van der Waals surface area contributed by atoms with E-state index in [0.29, 0.717) is 5.16 Å². The smallest absolute Gasteiger partial charge is 0.230 e. The first-order chi connectivity index (χ1) is 10.0. The normalized spacial score (nSPS) is 12.1. The van der Waals surface area contributed by atoms with Crippen molar-refractivity contribution in [2.24, 2.45) is 0 Å². The number of carbonyl (C=O) groups is 1. The Morgan fingerprint density at radius 2 is 1.86 bits per heavy atom. The van der Waals surface area contributed by atoms with Crippen LogP contribution in [0.5, 0.6) is 0 Å². The van der Waals surface area contributed by atoms with Gasteiger partial charge in [0.25, 0.3) is 0 Å². The molecule has 7 nitrogen and oxygen atoms in total. The van der Waals surface area contributed by atoms with Crippen LogP contribution in [-0.4, -0.2) is 32.7 Å². The van der Waals surface area contributed by atoms with E-state index in [1.807, 2.05) is 6.92 Å². The fourth-order valence-corrected chi connectivity index (χ4v) is 2.51. The van der Waals surface area contributed by atoms with E-state index in [1.54, 1.807) is 0 Å². The predicted molar refractivity (Wildman–Crippen MR) is 85.7 cm³/mol. The van der Waals surface area contributed by atoms with Gasteiger partial charge in [0, 0.05) is 6.04 Å². The van der Waals surface area contributed by atoms with Crippen molar-refractivity contribution in [3.63, 3.8) is 0 Å². The van der Waals surface area contributed by atoms with Crippen LogP contribution in [0.1, 0.15) is 46.0 Å². The zero-order chi connectivity index (χ0) is 15.7. The molecule has 118 valence electrons. The SMILES string of the molecule is CCCCCCC(C)NC(=O)CSc1nc(N)nc(N)n1. The molecule has 0 fully saturated rings. The summed E-state index contributed by atoms with van der Waals surface area (Å²) >= 11 is 1.20. The highest BCUT2D eigenvalue weighted by atomic mass is 32.2. The highest BCUT2D eigenvalue weighted by Gasteiger charge is 2.10. The second-order valence-corrected chi connectivity index (χ2v) is 5.88. The number of nitrogen functional groups attached to an aromatic ring is 2. The third-order valence-electron chi connectivity index (χ3n) is 2.88. The zero-order valence-electron chi connectivity index (χ0n) is 12.6. The quantitative estimate of drug-likeness (QED) is 0.468. The highest BCUT2D eigenvalue weighted by Crippen LogP contribution is 2.14. The summed E-state index contributed by atoms with van der Waals surface area (Å²) in [6.07, 6.45) is 5.83. The minimum Gasteiger partial charge on any atom is -0.368 e. The van der Waals surface area contributed by atoms with Crippen molar-refractivity contribution < 1.29 is 4.79 Å². The van der Waals surface area contributed by atoms with E-state index in [1.165, 1.54) is 31.0 Å². The molecule has 1 atom stereocenters. The molecule has 5 N–H and O–H groups in total. The van der Waals surface area contributed by atoms with Crippen LogP contribution >= 0.6 is 11.8 Å². The van der Waals surface area contributed by atoms with E-state index in [2.05, 4.69) is 27.2 Å². The van der Waals surface area contributed by atoms with Crippen molar-refractivity contribution in [1.29, 1.82) is 0 Å². The largest absolute Gasteiger partial charge is 0.368 e. The van der Waals surface area contributed by atoms with Crippen LogP contribution < -0.4 is 16.8 Å². The number of hydrogen-bond acceptors (Lipinski definition) is 7. The Hall–Kier alpha value is -1.57. The van der Waals surface area contributed by atoms with Crippen LogP contribution in [0.25, 0.3) is 0 Å². The second-order valence-electron chi connectivity index (χ2n) is 4.94. The summed E-state index contributed by atoms with van der Waals surface area (Å²) in [5.74, 6) is 0.326. The summed E-state index contributed by atoms with van der Waals surface area (Å²) in [6, 6.07) is 0.184. The lowest BCUT2D eigenvalue weighted by Gasteiger charge is -2.13. The predicted octanol–water partition coefficient (Wildman–Crippen LogP) is 1.60. The van der Waals surface area contributed by atoms with Gasteiger partial charge in [-0.15, -0.1) is 0 Å². The third kappa shape index (κ3) is 7.69. The van der Waals surface area contributed by atoms with Crippen molar-refractivity contribution in [1.82, 2.24) is 20.3 Å². The minimum absolute atomic E-state index is 0.0412. The Bertz CT molecular complexity index is 436. The van der Waals surface area contributed by atoms with Gasteiger partial charge in [-0.1, -0.05) is 44.4 Å². The first-order valence-corrected chi connectivity index (χ1v) is 8.19. The lowest BCUT2D eigenvalue weighted by Crippen LogP contribution is -2.33. The van der Waals surface area contributed by atoms with E-state index in [0.717, 1.165) is 12.8 Å². The maximum Gasteiger partial charge on any atom is 0.230 e. The number of nitrogens with two attached hydrogens (primary N) is 2. The van der Waals surface area contributed by atoms with Crippen LogP contribution in [0.4, 0.5) is 11.9 Å². The molecule has 8 heteroatoms. The van der Waals surface area contributed by atoms with Gasteiger partial charge < -0.3 is 16.8 Å². The van der Waals surface area contributed by atoms with Crippen LogP contribution in [0.2, 0.25) is 0 Å². The molecule has 0 aliphatic carbocycles. The van der Waals surface area contributed by atoms with Gasteiger partial charge in [0.2, 0.25) is 17.8 Å². The molecule has 1 unspecified atom stereocenters. The molecule has 0 aromatic carbocycles. The Balaban J connectivity index is 2.27. The number of rotatable bonds is 9. The Morgan fingerprint density at radius 3 is 2.48 bits per heavy atom. The fraction of sp³-hybridized carbons (Fsp3) is 0.692. The average molecular weight is 312 g/mol. The molecule has 21 heavy (non-hydrogen) atoms. The molecular weight excluding hydrogens is 288 g/mol. The van der Waals surface area contributed by atoms with Gasteiger partial charge in [-0.25, -0.2) is 0 Å². The van der Waals surface area contributed by atoms with Crippen molar-refractivity contribution in [2.45, 2.75) is 57.1 Å². The minimum atomic E-state index is -0.0412. The Morgan fingerprint density at radius 1 is 1.19 bits per heavy atom. The maximum absolute atomic E-state index is 11.8. The summed E-state index contributed by atoms with van der Waals surface area (Å²) in [5.41, 5.74) is 10.9. The van der Waals surface area contributed by atoms with E-state index in [9.17, 15) is 4.79 Å². The molecule has 1 amide bonds. The standard InChI is InChI=1S/C13H24N6OS/c1-3-4-5-6-7-9(2)16-10(20)8-21-13-18-11(14)17-12(15)19-13/h9H,3-8H2,1-2H3,(H,16,20)(H4,14,15,17,18,19). The van der Waals surface area contributed by atoms with Crippen LogP contribution in [0.15, 0.2) is 5.16 Å². The van der Waals surface area contributed by atoms with Crippen LogP contribution in [0, 0.1) is 0 Å². The van der Waals surface area contributed by atoms with Crippen molar-refractivity contribution in [2.75, 3.05) is 17.2 Å². The number of aromatic nitrogens is 3. The average Bonchev–Trinajstić information content (AvgIpc) is 2.40. The third-order valence-corrected chi connectivity index (χ3v) is 3.73. The molecular formula is C13H24N6OS. The number of carbonyl (C=O) groups excluding carboxylic acids is 1. The summed E-state index contributed by atoms with van der Waals surface area (Å²) in [4.78, 5) is 23.3. The molecule has 0 saturated carbocycles. The molecule has 0 bridgehead atoms. The van der Waals surface area contributed by atoms with Gasteiger partial charge in [-0.2, -0.15) is 15.0 Å².